The van der Waals surface area contributed by atoms with Crippen molar-refractivity contribution in [2.24, 2.45) is 0 Å². The Labute approximate surface area is 88.2 Å². The second-order valence-corrected chi connectivity index (χ2v) is 5.10. The lowest BCUT2D eigenvalue weighted by Gasteiger charge is -2.13. The van der Waals surface area contributed by atoms with Crippen molar-refractivity contribution in [1.82, 2.24) is 0 Å². The Morgan fingerprint density at radius 1 is 1.40 bits per heavy atom. The maximum atomic E-state index is 11.3. The maximum absolute atomic E-state index is 11.3. The minimum absolute atomic E-state index is 0.115. The number of nitrogens with zero attached hydrogens (tertiary/aromatic N) is 1. The summed E-state index contributed by atoms with van der Waals surface area (Å²) in [6.45, 7) is 0.417. The van der Waals surface area contributed by atoms with Gasteiger partial charge in [-0.1, -0.05) is 0 Å². The second kappa shape index (κ2) is 4.03. The number of hydrogen-bond acceptors (Lipinski definition) is 6. The van der Waals surface area contributed by atoms with Crippen LogP contribution in [0.15, 0.2) is 0 Å². The van der Waals surface area contributed by atoms with Crippen molar-refractivity contribution in [3.63, 3.8) is 0 Å². The Balaban J connectivity index is 2.02. The fraction of sp³-hybridized carbons (Fsp3) is 1.00. The van der Waals surface area contributed by atoms with Crippen molar-refractivity contribution in [2.75, 3.05) is 19.5 Å². The van der Waals surface area contributed by atoms with E-state index in [0.717, 1.165) is 0 Å². The molecule has 15 heavy (non-hydrogen) atoms. The molecule has 7 nitrogen and oxygen atoms in total. The summed E-state index contributed by atoms with van der Waals surface area (Å²) in [5, 5.41) is 9.11. The molecule has 0 aromatic heterocycles. The van der Waals surface area contributed by atoms with Crippen LogP contribution in [0.3, 0.4) is 0 Å². The molecule has 2 saturated heterocycles. The summed E-state index contributed by atoms with van der Waals surface area (Å²) in [6, 6.07) is 0. The van der Waals surface area contributed by atoms with Gasteiger partial charge in [0.05, 0.1) is 18.5 Å². The van der Waals surface area contributed by atoms with Gasteiger partial charge in [0.2, 0.25) is 0 Å². The molecule has 8 heteroatoms. The van der Waals surface area contributed by atoms with E-state index in [1.807, 2.05) is 0 Å². The van der Waals surface area contributed by atoms with Crippen molar-refractivity contribution in [3.8, 4) is 0 Å². The van der Waals surface area contributed by atoms with Gasteiger partial charge in [0, 0.05) is 17.1 Å². The Morgan fingerprint density at radius 3 is 2.67 bits per heavy atom. The molecular formula is C7H11NO6S. The zero-order valence-electron chi connectivity index (χ0n) is 8.03. The van der Waals surface area contributed by atoms with Crippen molar-refractivity contribution in [1.29, 1.82) is 0 Å². The first kappa shape index (κ1) is 10.8. The third-order valence-corrected chi connectivity index (χ3v) is 3.87. The lowest BCUT2D eigenvalue weighted by molar-refractivity contribution is -0.769. The van der Waals surface area contributed by atoms with E-state index in [4.69, 9.17) is 9.47 Å². The van der Waals surface area contributed by atoms with Gasteiger partial charge in [0.25, 0.3) is 5.09 Å². The Bertz CT molecular complexity index is 297. The molecular weight excluding hydrogens is 226 g/mol. The molecule has 2 rings (SSSR count). The fourth-order valence-electron chi connectivity index (χ4n) is 1.91. The van der Waals surface area contributed by atoms with E-state index >= 15 is 0 Å². The smallest absolute Gasteiger partial charge is 0.294 e. The Morgan fingerprint density at radius 2 is 2.07 bits per heavy atom. The van der Waals surface area contributed by atoms with Gasteiger partial charge in [-0.25, -0.2) is 0 Å². The van der Waals surface area contributed by atoms with Crippen LogP contribution in [0.5, 0.6) is 0 Å². The topological polar surface area (TPSA) is 87.9 Å². The molecule has 2 aliphatic rings. The SMILES string of the molecule is CS(=O)[C@H]1CO[C@H]2[C@@H]1OC[C@H]2O[N+](=O)[O-]. The van der Waals surface area contributed by atoms with E-state index in [0.29, 0.717) is 6.61 Å². The highest BCUT2D eigenvalue weighted by molar-refractivity contribution is 7.85. The zero-order chi connectivity index (χ0) is 11.0. The molecule has 1 unspecified atom stereocenters. The quantitative estimate of drug-likeness (QED) is 0.467. The van der Waals surface area contributed by atoms with Crippen LogP contribution in [0.1, 0.15) is 0 Å². The highest BCUT2D eigenvalue weighted by Gasteiger charge is 2.50. The summed E-state index contributed by atoms with van der Waals surface area (Å²) in [7, 11) is -1.05. The molecule has 0 N–H and O–H groups in total. The molecule has 0 aromatic carbocycles. The van der Waals surface area contributed by atoms with Crippen molar-refractivity contribution in [3.05, 3.63) is 10.1 Å². The molecule has 0 aromatic rings. The van der Waals surface area contributed by atoms with Crippen LogP contribution < -0.4 is 0 Å². The Kier molecular flexibility index (Phi) is 2.89. The zero-order valence-corrected chi connectivity index (χ0v) is 8.85. The van der Waals surface area contributed by atoms with E-state index in [1.54, 1.807) is 6.26 Å². The first-order valence-electron chi connectivity index (χ1n) is 4.46. The summed E-state index contributed by atoms with van der Waals surface area (Å²) in [5.41, 5.74) is 0. The number of hydrogen-bond donors (Lipinski definition) is 0. The van der Waals surface area contributed by atoms with Crippen molar-refractivity contribution < 1.29 is 23.6 Å². The molecule has 0 spiro atoms. The van der Waals surface area contributed by atoms with E-state index in [1.165, 1.54) is 0 Å². The average Bonchev–Trinajstić information content (AvgIpc) is 2.66. The lowest BCUT2D eigenvalue weighted by atomic mass is 10.1. The van der Waals surface area contributed by atoms with Crippen LogP contribution in [0.4, 0.5) is 0 Å². The molecule has 5 atom stereocenters. The molecule has 86 valence electrons. The Hall–Kier alpha value is -0.730. The number of rotatable bonds is 3. The number of ether oxygens (including phenoxy) is 2. The van der Waals surface area contributed by atoms with Gasteiger partial charge in [-0.05, 0) is 0 Å². The van der Waals surface area contributed by atoms with Crippen molar-refractivity contribution in [2.45, 2.75) is 23.6 Å². The second-order valence-electron chi connectivity index (χ2n) is 3.50. The summed E-state index contributed by atoms with van der Waals surface area (Å²) in [4.78, 5) is 14.6. The lowest BCUT2D eigenvalue weighted by Crippen LogP contribution is -2.35. The van der Waals surface area contributed by atoms with Crippen LogP contribution in [0.2, 0.25) is 0 Å². The summed E-state index contributed by atoms with van der Waals surface area (Å²) < 4.78 is 21.9. The van der Waals surface area contributed by atoms with Crippen LogP contribution in [-0.4, -0.2) is 52.3 Å². The van der Waals surface area contributed by atoms with E-state index in [-0.39, 0.29) is 18.0 Å². The predicted molar refractivity (Wildman–Crippen MR) is 49.2 cm³/mol. The maximum Gasteiger partial charge on any atom is 0.294 e. The minimum Gasteiger partial charge on any atom is -0.372 e. The highest BCUT2D eigenvalue weighted by atomic mass is 32.2. The average molecular weight is 237 g/mol. The van der Waals surface area contributed by atoms with Crippen LogP contribution in [-0.2, 0) is 25.1 Å². The van der Waals surface area contributed by atoms with E-state index in [9.17, 15) is 14.3 Å². The van der Waals surface area contributed by atoms with Crippen molar-refractivity contribution >= 4 is 10.8 Å². The third kappa shape index (κ3) is 1.97. The van der Waals surface area contributed by atoms with Gasteiger partial charge in [0.15, 0.2) is 6.10 Å². The molecule has 0 aliphatic carbocycles. The number of fused-ring (bicyclic) bond motifs is 1. The van der Waals surface area contributed by atoms with Gasteiger partial charge in [-0.3, -0.25) is 4.21 Å². The predicted octanol–water partition coefficient (Wildman–Crippen LogP) is -0.892. The van der Waals surface area contributed by atoms with Gasteiger partial charge in [-0.2, -0.15) is 0 Å². The first-order valence-corrected chi connectivity index (χ1v) is 6.08. The fourth-order valence-corrected chi connectivity index (χ4v) is 2.80. The van der Waals surface area contributed by atoms with Gasteiger partial charge < -0.3 is 14.3 Å². The largest absolute Gasteiger partial charge is 0.372 e. The normalized spacial score (nSPS) is 41.1. The standard InChI is InChI=1S/C7H11NO6S/c1-15(11)5-3-13-6-4(14-8(9)10)2-12-7(5)6/h4-7H,2-3H2,1H3/t4-,5+,6-,7-,15?/m1/s1. The minimum atomic E-state index is -1.05. The van der Waals surface area contributed by atoms with E-state index in [2.05, 4.69) is 4.84 Å². The molecule has 2 heterocycles. The van der Waals surface area contributed by atoms with Crippen LogP contribution in [0.25, 0.3) is 0 Å². The third-order valence-electron chi connectivity index (χ3n) is 2.61. The molecule has 0 bridgehead atoms. The molecule has 2 aliphatic heterocycles. The van der Waals surface area contributed by atoms with Gasteiger partial charge in [-0.15, -0.1) is 10.1 Å². The molecule has 0 amide bonds. The van der Waals surface area contributed by atoms with Gasteiger partial charge >= 0.3 is 0 Å². The summed E-state index contributed by atoms with van der Waals surface area (Å²) >= 11 is 0. The first-order chi connectivity index (χ1) is 7.09. The summed E-state index contributed by atoms with van der Waals surface area (Å²) in [6.07, 6.45) is 0.0604. The molecule has 0 saturated carbocycles. The highest BCUT2D eigenvalue weighted by Crippen LogP contribution is 2.30. The van der Waals surface area contributed by atoms with E-state index < -0.39 is 28.1 Å². The van der Waals surface area contributed by atoms with Gasteiger partial charge in [0.1, 0.15) is 12.2 Å². The van der Waals surface area contributed by atoms with Crippen LogP contribution >= 0.6 is 0 Å². The molecule has 2 fully saturated rings. The van der Waals surface area contributed by atoms with Crippen LogP contribution in [0, 0.1) is 10.1 Å². The summed E-state index contributed by atoms with van der Waals surface area (Å²) in [5.74, 6) is 0. The molecule has 0 radical (unpaired) electrons. The monoisotopic (exact) mass is 237 g/mol.